The van der Waals surface area contributed by atoms with E-state index in [1.807, 2.05) is 28.1 Å². The van der Waals surface area contributed by atoms with Crippen LogP contribution in [-0.2, 0) is 16.2 Å². The zero-order valence-electron chi connectivity index (χ0n) is 15.8. The number of pyridine rings is 1. The van der Waals surface area contributed by atoms with E-state index in [1.54, 1.807) is 0 Å². The Morgan fingerprint density at radius 3 is 3.04 bits per heavy atom. The number of para-hydroxylation sites is 1. The molecule has 0 aliphatic carbocycles. The predicted molar refractivity (Wildman–Crippen MR) is 106 cm³/mol. The van der Waals surface area contributed by atoms with Gasteiger partial charge in [0.2, 0.25) is 4.77 Å². The maximum absolute atomic E-state index is 12.1. The van der Waals surface area contributed by atoms with Gasteiger partial charge in [0.1, 0.15) is 5.92 Å². The number of fused-ring (bicyclic) bond motifs is 3. The van der Waals surface area contributed by atoms with Crippen LogP contribution in [0.4, 0.5) is 0 Å². The Morgan fingerprint density at radius 2 is 2.22 bits per heavy atom. The Labute approximate surface area is 163 Å². The largest absolute Gasteiger partial charge is 0.466 e. The number of benzene rings is 1. The molecule has 0 radical (unpaired) electrons. The van der Waals surface area contributed by atoms with Crippen molar-refractivity contribution in [2.24, 2.45) is 5.92 Å². The lowest BCUT2D eigenvalue weighted by molar-refractivity contribution is -0.930. The standard InChI is InChI=1S/C20H24N4O2S/c1-3-26-19(25)15-7-6-10-22(12-15)13-23-20(27)24-17-9-5-4-8-16(17)14(2)11-18(24)21-23/h4-5,8-9,11,15H,3,6-7,10,12-13H2,1-2H3/p+1/t15-/m0/s1. The summed E-state index contributed by atoms with van der Waals surface area (Å²) in [4.78, 5) is 13.4. The topological polar surface area (TPSA) is 53.0 Å². The fourth-order valence-electron chi connectivity index (χ4n) is 4.09. The molecule has 4 rings (SSSR count). The summed E-state index contributed by atoms with van der Waals surface area (Å²) in [6, 6.07) is 10.4. The minimum absolute atomic E-state index is 0.0250. The third-order valence-corrected chi connectivity index (χ3v) is 5.78. The molecule has 2 atom stereocenters. The van der Waals surface area contributed by atoms with E-state index in [0.717, 1.165) is 37.1 Å². The first-order valence-electron chi connectivity index (χ1n) is 9.56. The molecule has 3 heterocycles. The Balaban J connectivity index is 1.65. The van der Waals surface area contributed by atoms with Crippen molar-refractivity contribution in [3.05, 3.63) is 40.7 Å². The number of nitrogens with one attached hydrogen (secondary N) is 1. The molecule has 142 valence electrons. The smallest absolute Gasteiger partial charge is 0.314 e. The number of nitrogens with zero attached hydrogens (tertiary/aromatic N) is 3. The van der Waals surface area contributed by atoms with Crippen LogP contribution in [0.3, 0.4) is 0 Å². The third-order valence-electron chi connectivity index (χ3n) is 5.39. The molecular formula is C20H25N4O2S+. The zero-order chi connectivity index (χ0) is 19.0. The first-order valence-corrected chi connectivity index (χ1v) is 9.97. The molecule has 2 aromatic heterocycles. The van der Waals surface area contributed by atoms with Crippen molar-refractivity contribution in [3.63, 3.8) is 0 Å². The lowest BCUT2D eigenvalue weighted by Gasteiger charge is -2.28. The highest BCUT2D eigenvalue weighted by molar-refractivity contribution is 7.71. The number of carbonyl (C=O) groups is 1. The van der Waals surface area contributed by atoms with Crippen LogP contribution in [0.2, 0.25) is 0 Å². The monoisotopic (exact) mass is 385 g/mol. The fraction of sp³-hybridized carbons (Fsp3) is 0.450. The molecule has 3 aromatic rings. The van der Waals surface area contributed by atoms with Crippen molar-refractivity contribution < 1.29 is 14.4 Å². The van der Waals surface area contributed by atoms with Gasteiger partial charge in [-0.25, -0.2) is 0 Å². The van der Waals surface area contributed by atoms with E-state index in [-0.39, 0.29) is 11.9 Å². The SMILES string of the molecule is CCOC(=O)[C@H]1CCC[NH+](Cn2nc3cc(C)c4ccccc4n3c2=S)C1. The maximum Gasteiger partial charge on any atom is 0.314 e. The molecule has 1 saturated heterocycles. The highest BCUT2D eigenvalue weighted by Crippen LogP contribution is 2.21. The van der Waals surface area contributed by atoms with Crippen molar-refractivity contribution in [3.8, 4) is 0 Å². The van der Waals surface area contributed by atoms with E-state index in [1.165, 1.54) is 15.8 Å². The van der Waals surface area contributed by atoms with E-state index in [4.69, 9.17) is 22.1 Å². The number of carbonyl (C=O) groups excluding carboxylic acids is 1. The first kappa shape index (κ1) is 18.1. The summed E-state index contributed by atoms with van der Waals surface area (Å²) in [5.74, 6) is -0.0992. The molecule has 27 heavy (non-hydrogen) atoms. The number of ether oxygens (including phenoxy) is 1. The summed E-state index contributed by atoms with van der Waals surface area (Å²) >= 11 is 5.75. The van der Waals surface area contributed by atoms with Crippen LogP contribution in [0.1, 0.15) is 25.3 Å². The molecule has 1 aliphatic heterocycles. The highest BCUT2D eigenvalue weighted by Gasteiger charge is 2.30. The van der Waals surface area contributed by atoms with E-state index < -0.39 is 0 Å². The van der Waals surface area contributed by atoms with Crippen LogP contribution < -0.4 is 4.90 Å². The fourth-order valence-corrected chi connectivity index (χ4v) is 4.39. The van der Waals surface area contributed by atoms with E-state index in [0.29, 0.717) is 18.0 Å². The van der Waals surface area contributed by atoms with Gasteiger partial charge in [-0.1, -0.05) is 18.2 Å². The number of esters is 1. The van der Waals surface area contributed by atoms with E-state index in [2.05, 4.69) is 25.1 Å². The van der Waals surface area contributed by atoms with Crippen LogP contribution in [0.15, 0.2) is 30.3 Å². The van der Waals surface area contributed by atoms with Gasteiger partial charge in [-0.2, -0.15) is 4.68 Å². The Morgan fingerprint density at radius 1 is 1.41 bits per heavy atom. The lowest BCUT2D eigenvalue weighted by Crippen LogP contribution is -3.13. The number of likely N-dealkylation sites (tertiary alicyclic amines) is 1. The minimum Gasteiger partial charge on any atom is -0.466 e. The normalized spacial score (nSPS) is 20.2. The molecular weight excluding hydrogens is 360 g/mol. The minimum atomic E-state index is -0.0742. The van der Waals surface area contributed by atoms with E-state index >= 15 is 0 Å². The number of hydrogen-bond donors (Lipinski definition) is 1. The number of hydrogen-bond acceptors (Lipinski definition) is 4. The van der Waals surface area contributed by atoms with Crippen molar-refractivity contribution in [1.82, 2.24) is 14.2 Å². The first-order chi connectivity index (χ1) is 13.1. The van der Waals surface area contributed by atoms with Crippen LogP contribution in [0, 0.1) is 17.6 Å². The number of quaternary nitrogens is 1. The second-order valence-electron chi connectivity index (χ2n) is 7.27. The lowest BCUT2D eigenvalue weighted by atomic mass is 9.99. The van der Waals surface area contributed by atoms with Gasteiger partial charge in [0.05, 0.1) is 25.2 Å². The summed E-state index contributed by atoms with van der Waals surface area (Å²) < 4.78 is 9.86. The summed E-state index contributed by atoms with van der Waals surface area (Å²) in [5, 5.41) is 5.95. The summed E-state index contributed by atoms with van der Waals surface area (Å²) in [5.41, 5.74) is 3.15. The molecule has 1 N–H and O–H groups in total. The number of rotatable bonds is 4. The molecule has 0 amide bonds. The average Bonchev–Trinajstić information content (AvgIpc) is 2.98. The molecule has 1 fully saturated rings. The van der Waals surface area contributed by atoms with Gasteiger partial charge in [0, 0.05) is 5.39 Å². The van der Waals surface area contributed by atoms with E-state index in [9.17, 15) is 4.79 Å². The maximum atomic E-state index is 12.1. The second kappa shape index (κ2) is 7.40. The van der Waals surface area contributed by atoms with Crippen LogP contribution in [-0.4, -0.2) is 39.8 Å². The van der Waals surface area contributed by atoms with Crippen LogP contribution in [0.25, 0.3) is 16.6 Å². The molecule has 0 spiro atoms. The molecule has 6 nitrogen and oxygen atoms in total. The molecule has 7 heteroatoms. The summed E-state index contributed by atoms with van der Waals surface area (Å²) in [6.45, 7) is 6.86. The summed E-state index contributed by atoms with van der Waals surface area (Å²) in [6.07, 6.45) is 1.92. The van der Waals surface area contributed by atoms with Gasteiger partial charge >= 0.3 is 5.97 Å². The van der Waals surface area contributed by atoms with Gasteiger partial charge in [-0.05, 0) is 56.6 Å². The van der Waals surface area contributed by atoms with Gasteiger partial charge in [-0.3, -0.25) is 9.20 Å². The molecule has 1 aliphatic rings. The number of aromatic nitrogens is 3. The van der Waals surface area contributed by atoms with Crippen LogP contribution >= 0.6 is 12.2 Å². The number of aryl methyl sites for hydroxylation is 1. The highest BCUT2D eigenvalue weighted by atomic mass is 32.1. The molecule has 1 aromatic carbocycles. The Kier molecular flexibility index (Phi) is 4.97. The Hall–Kier alpha value is -2.25. The number of piperidine rings is 1. The second-order valence-corrected chi connectivity index (χ2v) is 7.64. The van der Waals surface area contributed by atoms with Gasteiger partial charge in [-0.15, -0.1) is 5.10 Å². The third kappa shape index (κ3) is 3.37. The molecule has 1 unspecified atom stereocenters. The molecule has 0 saturated carbocycles. The molecule has 0 bridgehead atoms. The zero-order valence-corrected chi connectivity index (χ0v) is 16.6. The summed E-state index contributed by atoms with van der Waals surface area (Å²) in [7, 11) is 0. The van der Waals surface area contributed by atoms with Gasteiger partial charge in [0.25, 0.3) is 0 Å². The quantitative estimate of drug-likeness (QED) is 0.552. The van der Waals surface area contributed by atoms with Gasteiger partial charge in [0.15, 0.2) is 12.3 Å². The average molecular weight is 386 g/mol. The van der Waals surface area contributed by atoms with Gasteiger partial charge < -0.3 is 9.64 Å². The van der Waals surface area contributed by atoms with Crippen molar-refractivity contribution in [1.29, 1.82) is 0 Å². The van der Waals surface area contributed by atoms with Crippen molar-refractivity contribution in [2.45, 2.75) is 33.4 Å². The van der Waals surface area contributed by atoms with Crippen molar-refractivity contribution >= 4 is 34.7 Å². The van der Waals surface area contributed by atoms with Crippen LogP contribution in [0.5, 0.6) is 0 Å². The Bertz CT molecular complexity index is 1060. The van der Waals surface area contributed by atoms with Crippen molar-refractivity contribution in [2.75, 3.05) is 19.7 Å². The predicted octanol–water partition coefficient (Wildman–Crippen LogP) is 2.14.